The zero-order valence-corrected chi connectivity index (χ0v) is 19.1. The summed E-state index contributed by atoms with van der Waals surface area (Å²) in [4.78, 5) is 15.4. The zero-order chi connectivity index (χ0) is 22.4. The fraction of sp³-hybridized carbons (Fsp3) is 0.536. The summed E-state index contributed by atoms with van der Waals surface area (Å²) in [6.07, 6.45) is 5.98. The van der Waals surface area contributed by atoms with Crippen LogP contribution >= 0.6 is 0 Å². The molecular weight excluding hydrogens is 414 g/mol. The van der Waals surface area contributed by atoms with E-state index in [2.05, 4.69) is 48.5 Å². The number of rotatable bonds is 3. The van der Waals surface area contributed by atoms with Gasteiger partial charge in [0.15, 0.2) is 0 Å². The van der Waals surface area contributed by atoms with Crippen molar-refractivity contribution in [2.45, 2.75) is 68.5 Å². The van der Waals surface area contributed by atoms with Crippen molar-refractivity contribution in [3.63, 3.8) is 0 Å². The SMILES string of the molecule is O=C(OCC1c2ccccc2-c2ccccc21)N1C2CCCC1CC(O)(C1CCOCC1)C2. The summed E-state index contributed by atoms with van der Waals surface area (Å²) < 4.78 is 11.5. The van der Waals surface area contributed by atoms with Gasteiger partial charge in [-0.05, 0) is 73.1 Å². The number of hydrogen-bond acceptors (Lipinski definition) is 4. The lowest BCUT2D eigenvalue weighted by atomic mass is 9.68. The van der Waals surface area contributed by atoms with Crippen molar-refractivity contribution in [2.75, 3.05) is 19.8 Å². The van der Waals surface area contributed by atoms with Crippen LogP contribution in [0.15, 0.2) is 48.5 Å². The molecular formula is C28H33NO4. The van der Waals surface area contributed by atoms with Crippen LogP contribution in [0.25, 0.3) is 11.1 Å². The Hall–Kier alpha value is -2.37. The van der Waals surface area contributed by atoms with E-state index >= 15 is 0 Å². The molecule has 0 aromatic heterocycles. The lowest BCUT2D eigenvalue weighted by Crippen LogP contribution is -2.62. The van der Waals surface area contributed by atoms with Crippen LogP contribution in [0.5, 0.6) is 0 Å². The average molecular weight is 448 g/mol. The minimum Gasteiger partial charge on any atom is -0.448 e. The predicted molar refractivity (Wildman–Crippen MR) is 126 cm³/mol. The molecule has 5 heteroatoms. The van der Waals surface area contributed by atoms with Gasteiger partial charge in [-0.3, -0.25) is 0 Å². The summed E-state index contributed by atoms with van der Waals surface area (Å²) in [5.74, 6) is 0.351. The first-order valence-electron chi connectivity index (χ1n) is 12.6. The number of piperidine rings is 2. The molecule has 2 atom stereocenters. The molecule has 5 nitrogen and oxygen atoms in total. The molecule has 1 amide bonds. The van der Waals surface area contributed by atoms with E-state index < -0.39 is 5.60 Å². The van der Waals surface area contributed by atoms with E-state index in [0.717, 1.165) is 45.3 Å². The Morgan fingerprint density at radius 1 is 0.939 bits per heavy atom. The van der Waals surface area contributed by atoms with Crippen molar-refractivity contribution in [1.82, 2.24) is 4.90 Å². The van der Waals surface area contributed by atoms with Crippen molar-refractivity contribution in [3.8, 4) is 11.1 Å². The van der Waals surface area contributed by atoms with Gasteiger partial charge in [-0.15, -0.1) is 0 Å². The lowest BCUT2D eigenvalue weighted by molar-refractivity contribution is -0.134. The van der Waals surface area contributed by atoms with Gasteiger partial charge in [0.25, 0.3) is 0 Å². The van der Waals surface area contributed by atoms with Crippen molar-refractivity contribution in [3.05, 3.63) is 59.7 Å². The molecule has 0 radical (unpaired) electrons. The van der Waals surface area contributed by atoms with Crippen LogP contribution in [0.4, 0.5) is 4.79 Å². The number of benzene rings is 2. The van der Waals surface area contributed by atoms with Gasteiger partial charge < -0.3 is 19.5 Å². The second-order valence-electron chi connectivity index (χ2n) is 10.3. The molecule has 2 aromatic rings. The van der Waals surface area contributed by atoms with Gasteiger partial charge in [-0.2, -0.15) is 0 Å². The van der Waals surface area contributed by atoms with E-state index in [1.165, 1.54) is 22.3 Å². The molecule has 1 aliphatic carbocycles. The molecule has 2 unspecified atom stereocenters. The van der Waals surface area contributed by atoms with E-state index in [4.69, 9.17) is 9.47 Å². The highest BCUT2D eigenvalue weighted by molar-refractivity contribution is 5.79. The van der Waals surface area contributed by atoms with E-state index in [-0.39, 0.29) is 30.0 Å². The van der Waals surface area contributed by atoms with Crippen LogP contribution in [0.3, 0.4) is 0 Å². The summed E-state index contributed by atoms with van der Waals surface area (Å²) in [6, 6.07) is 17.0. The van der Waals surface area contributed by atoms with Gasteiger partial charge >= 0.3 is 6.09 Å². The summed E-state index contributed by atoms with van der Waals surface area (Å²) in [5, 5.41) is 11.6. The third kappa shape index (κ3) is 3.66. The molecule has 6 rings (SSSR count). The number of hydrogen-bond donors (Lipinski definition) is 1. The fourth-order valence-corrected chi connectivity index (χ4v) is 7.00. The molecule has 3 aliphatic heterocycles. The maximum atomic E-state index is 13.4. The maximum absolute atomic E-state index is 13.4. The van der Waals surface area contributed by atoms with Gasteiger partial charge in [-0.1, -0.05) is 48.5 Å². The summed E-state index contributed by atoms with van der Waals surface area (Å²) in [6.45, 7) is 1.82. The third-order valence-corrected chi connectivity index (χ3v) is 8.57. The minimum atomic E-state index is -0.681. The normalized spacial score (nSPS) is 29.4. The summed E-state index contributed by atoms with van der Waals surface area (Å²) in [7, 11) is 0. The molecule has 0 spiro atoms. The number of fused-ring (bicyclic) bond motifs is 5. The van der Waals surface area contributed by atoms with Gasteiger partial charge in [0, 0.05) is 31.2 Å². The average Bonchev–Trinajstić information content (AvgIpc) is 3.16. The highest BCUT2D eigenvalue weighted by atomic mass is 16.6. The quantitative estimate of drug-likeness (QED) is 0.710. The fourth-order valence-electron chi connectivity index (χ4n) is 7.00. The molecule has 2 aromatic carbocycles. The van der Waals surface area contributed by atoms with Crippen LogP contribution in [-0.2, 0) is 9.47 Å². The number of nitrogens with zero attached hydrogens (tertiary/aromatic N) is 1. The van der Waals surface area contributed by atoms with Gasteiger partial charge in [0.1, 0.15) is 6.61 Å². The van der Waals surface area contributed by atoms with E-state index in [1.807, 2.05) is 4.90 Å². The Balaban J connectivity index is 1.18. The van der Waals surface area contributed by atoms with E-state index in [9.17, 15) is 9.90 Å². The van der Waals surface area contributed by atoms with E-state index in [0.29, 0.717) is 19.4 Å². The first-order valence-corrected chi connectivity index (χ1v) is 12.6. The van der Waals surface area contributed by atoms with Gasteiger partial charge in [-0.25, -0.2) is 4.79 Å². The monoisotopic (exact) mass is 447 g/mol. The number of carbonyl (C=O) groups excluding carboxylic acids is 1. The van der Waals surface area contributed by atoms with Crippen LogP contribution < -0.4 is 0 Å². The first kappa shape index (κ1) is 21.2. The lowest BCUT2D eigenvalue weighted by Gasteiger charge is -2.54. The molecule has 0 saturated carbocycles. The zero-order valence-electron chi connectivity index (χ0n) is 19.1. The molecule has 174 valence electrons. The van der Waals surface area contributed by atoms with Gasteiger partial charge in [0.2, 0.25) is 0 Å². The Morgan fingerprint density at radius 2 is 1.52 bits per heavy atom. The van der Waals surface area contributed by atoms with Crippen LogP contribution in [0.2, 0.25) is 0 Å². The Labute approximate surface area is 195 Å². The number of amides is 1. The Morgan fingerprint density at radius 3 is 2.12 bits per heavy atom. The molecule has 4 aliphatic rings. The number of ether oxygens (including phenoxy) is 2. The van der Waals surface area contributed by atoms with Crippen molar-refractivity contribution < 1.29 is 19.4 Å². The second-order valence-corrected chi connectivity index (χ2v) is 10.3. The predicted octanol–water partition coefficient (Wildman–Crippen LogP) is 5.11. The van der Waals surface area contributed by atoms with Crippen molar-refractivity contribution in [2.24, 2.45) is 5.92 Å². The molecule has 2 bridgehead atoms. The molecule has 1 N–H and O–H groups in total. The molecule has 3 heterocycles. The number of carbonyl (C=O) groups is 1. The Bertz CT molecular complexity index is 971. The third-order valence-electron chi connectivity index (χ3n) is 8.57. The first-order chi connectivity index (χ1) is 16.1. The number of aliphatic hydroxyl groups is 1. The summed E-state index contributed by atoms with van der Waals surface area (Å²) in [5.41, 5.74) is 4.27. The van der Waals surface area contributed by atoms with Crippen LogP contribution in [-0.4, -0.2) is 53.6 Å². The largest absolute Gasteiger partial charge is 0.448 e. The van der Waals surface area contributed by atoms with Crippen molar-refractivity contribution >= 4 is 6.09 Å². The van der Waals surface area contributed by atoms with Crippen LogP contribution in [0.1, 0.15) is 62.0 Å². The van der Waals surface area contributed by atoms with Crippen LogP contribution in [0, 0.1) is 5.92 Å². The van der Waals surface area contributed by atoms with Crippen molar-refractivity contribution in [1.29, 1.82) is 0 Å². The highest BCUT2D eigenvalue weighted by Gasteiger charge is 2.51. The molecule has 33 heavy (non-hydrogen) atoms. The molecule has 3 fully saturated rings. The summed E-state index contributed by atoms with van der Waals surface area (Å²) >= 11 is 0. The maximum Gasteiger partial charge on any atom is 0.410 e. The minimum absolute atomic E-state index is 0.0704. The topological polar surface area (TPSA) is 59.0 Å². The standard InChI is InChI=1S/C28H33NO4/c30-27(33-18-26-24-10-3-1-8-22(24)23-9-2-4-11-25(23)26)29-20-6-5-7-21(29)17-28(31,16-20)19-12-14-32-15-13-19/h1-4,8-11,19-21,26,31H,5-7,12-18H2. The highest BCUT2D eigenvalue weighted by Crippen LogP contribution is 2.47. The van der Waals surface area contributed by atoms with E-state index in [1.54, 1.807) is 0 Å². The molecule has 3 saturated heterocycles. The smallest absolute Gasteiger partial charge is 0.410 e. The van der Waals surface area contributed by atoms with Gasteiger partial charge in [0.05, 0.1) is 5.60 Å². The Kier molecular flexibility index (Phi) is 5.42. The second kappa shape index (κ2) is 8.44.